The molecular weight excluding hydrogens is 371 g/mol. The molecule has 2 aromatic rings. The normalized spacial score (nSPS) is 15.7. The van der Waals surface area contributed by atoms with E-state index < -0.39 is 0 Å². The number of nitrogens with zero attached hydrogens (tertiary/aromatic N) is 1. The Labute approximate surface area is 164 Å². The lowest BCUT2D eigenvalue weighted by molar-refractivity contribution is 0.213. The predicted molar refractivity (Wildman–Crippen MR) is 107 cm³/mol. The van der Waals surface area contributed by atoms with Crippen molar-refractivity contribution < 1.29 is 9.57 Å². The number of halogens is 2. The number of hydrogen-bond donors (Lipinski definition) is 1. The Bertz CT molecular complexity index is 757. The number of benzene rings is 2. The largest absolute Gasteiger partial charge is 0.493 e. The van der Waals surface area contributed by atoms with E-state index in [1.807, 2.05) is 42.5 Å². The quantitative estimate of drug-likeness (QED) is 0.568. The molecule has 138 valence electrons. The van der Waals surface area contributed by atoms with E-state index >= 15 is 0 Å². The molecule has 2 aromatic carbocycles. The Kier molecular flexibility index (Phi) is 6.78. The highest BCUT2D eigenvalue weighted by Gasteiger charge is 2.16. The van der Waals surface area contributed by atoms with Crippen molar-refractivity contribution >= 4 is 28.9 Å². The molecule has 0 unspecified atom stereocenters. The zero-order valence-electron chi connectivity index (χ0n) is 14.7. The van der Waals surface area contributed by atoms with Crippen LogP contribution in [0.1, 0.15) is 24.0 Å². The summed E-state index contributed by atoms with van der Waals surface area (Å²) in [5.74, 6) is 1.36. The van der Waals surface area contributed by atoms with Gasteiger partial charge in [-0.1, -0.05) is 40.5 Å². The third-order valence-corrected chi connectivity index (χ3v) is 5.01. The first-order valence-electron chi connectivity index (χ1n) is 8.68. The first kappa shape index (κ1) is 19.0. The molecule has 1 heterocycles. The van der Waals surface area contributed by atoms with Crippen molar-refractivity contribution in [2.45, 2.75) is 12.8 Å². The summed E-state index contributed by atoms with van der Waals surface area (Å²) in [7, 11) is 1.51. The Hall–Kier alpha value is -1.75. The summed E-state index contributed by atoms with van der Waals surface area (Å²) < 4.78 is 5.94. The predicted octanol–water partition coefficient (Wildman–Crippen LogP) is 4.77. The molecule has 0 aliphatic carbocycles. The van der Waals surface area contributed by atoms with Gasteiger partial charge in [0.2, 0.25) is 0 Å². The van der Waals surface area contributed by atoms with Gasteiger partial charge in [-0.05, 0) is 62.2 Å². The third-order valence-electron chi connectivity index (χ3n) is 4.44. The van der Waals surface area contributed by atoms with Crippen molar-refractivity contribution in [2.24, 2.45) is 11.1 Å². The highest BCUT2D eigenvalue weighted by atomic mass is 35.5. The van der Waals surface area contributed by atoms with Crippen molar-refractivity contribution in [2.75, 3.05) is 26.8 Å². The summed E-state index contributed by atoms with van der Waals surface area (Å²) in [5, 5.41) is 8.74. The fraction of sp³-hybridized carbons (Fsp3) is 0.350. The Morgan fingerprint density at radius 2 is 1.85 bits per heavy atom. The first-order valence-corrected chi connectivity index (χ1v) is 9.43. The van der Waals surface area contributed by atoms with Crippen LogP contribution in [0.15, 0.2) is 47.6 Å². The van der Waals surface area contributed by atoms with Crippen LogP contribution in [-0.2, 0) is 4.84 Å². The van der Waals surface area contributed by atoms with Gasteiger partial charge in [-0.2, -0.15) is 0 Å². The maximum Gasteiger partial charge on any atom is 0.120 e. The van der Waals surface area contributed by atoms with E-state index in [0.29, 0.717) is 28.3 Å². The number of oxime groups is 1. The van der Waals surface area contributed by atoms with Crippen molar-refractivity contribution in [3.05, 3.63) is 63.6 Å². The fourth-order valence-corrected chi connectivity index (χ4v) is 3.38. The molecule has 0 amide bonds. The van der Waals surface area contributed by atoms with Gasteiger partial charge in [0.25, 0.3) is 0 Å². The first-order chi connectivity index (χ1) is 12.7. The SMILES string of the molecule is CO/N=C(\c1ccc(Cl)cc1)c1ccc(OCC2CCNCC2)cc1Cl. The number of nitrogens with one attached hydrogen (secondary N) is 1. The molecule has 4 nitrogen and oxygen atoms in total. The van der Waals surface area contributed by atoms with E-state index in [4.69, 9.17) is 32.8 Å². The highest BCUT2D eigenvalue weighted by Crippen LogP contribution is 2.27. The summed E-state index contributed by atoms with van der Waals surface area (Å²) in [6.07, 6.45) is 2.29. The fourth-order valence-electron chi connectivity index (χ4n) is 3.00. The molecule has 1 aliphatic rings. The summed E-state index contributed by atoms with van der Waals surface area (Å²) in [6, 6.07) is 13.1. The van der Waals surface area contributed by atoms with Crippen LogP contribution in [0.4, 0.5) is 0 Å². The lowest BCUT2D eigenvalue weighted by atomic mass is 9.99. The Morgan fingerprint density at radius 3 is 2.50 bits per heavy atom. The average molecular weight is 393 g/mol. The second-order valence-corrected chi connectivity index (χ2v) is 7.12. The molecule has 1 saturated heterocycles. The monoisotopic (exact) mass is 392 g/mol. The topological polar surface area (TPSA) is 42.9 Å². The van der Waals surface area contributed by atoms with Crippen LogP contribution < -0.4 is 10.1 Å². The average Bonchev–Trinajstić information content (AvgIpc) is 2.67. The van der Waals surface area contributed by atoms with Crippen molar-refractivity contribution in [1.29, 1.82) is 0 Å². The van der Waals surface area contributed by atoms with Crippen LogP contribution in [0.2, 0.25) is 10.0 Å². The van der Waals surface area contributed by atoms with Gasteiger partial charge in [0, 0.05) is 16.1 Å². The standard InChI is InChI=1S/C20H22Cl2N2O2/c1-25-24-20(15-2-4-16(21)5-3-15)18-7-6-17(12-19(18)22)26-13-14-8-10-23-11-9-14/h2-7,12,14,23H,8-11,13H2,1H3/b24-20+. The third kappa shape index (κ3) is 4.91. The molecule has 6 heteroatoms. The number of piperidine rings is 1. The zero-order valence-corrected chi connectivity index (χ0v) is 16.2. The van der Waals surface area contributed by atoms with Gasteiger partial charge in [-0.25, -0.2) is 0 Å². The molecule has 0 aromatic heterocycles. The lowest BCUT2D eigenvalue weighted by Gasteiger charge is -2.22. The van der Waals surface area contributed by atoms with Crippen LogP contribution >= 0.6 is 23.2 Å². The molecule has 1 fully saturated rings. The van der Waals surface area contributed by atoms with Crippen LogP contribution in [-0.4, -0.2) is 32.5 Å². The molecule has 0 bridgehead atoms. The van der Waals surface area contributed by atoms with Gasteiger partial charge in [-0.3, -0.25) is 0 Å². The van der Waals surface area contributed by atoms with E-state index in [0.717, 1.165) is 42.8 Å². The summed E-state index contributed by atoms with van der Waals surface area (Å²) >= 11 is 12.5. The second-order valence-electron chi connectivity index (χ2n) is 6.28. The van der Waals surface area contributed by atoms with Crippen molar-refractivity contribution in [1.82, 2.24) is 5.32 Å². The van der Waals surface area contributed by atoms with Gasteiger partial charge in [-0.15, -0.1) is 0 Å². The number of rotatable bonds is 6. The number of ether oxygens (including phenoxy) is 1. The lowest BCUT2D eigenvalue weighted by Crippen LogP contribution is -2.30. The van der Waals surface area contributed by atoms with Gasteiger partial charge in [0.05, 0.1) is 11.6 Å². The Balaban J connectivity index is 1.76. The smallest absolute Gasteiger partial charge is 0.120 e. The minimum atomic E-state index is 0.568. The van der Waals surface area contributed by atoms with E-state index in [9.17, 15) is 0 Å². The molecule has 26 heavy (non-hydrogen) atoms. The molecule has 0 atom stereocenters. The van der Waals surface area contributed by atoms with Crippen LogP contribution in [0.3, 0.4) is 0 Å². The highest BCUT2D eigenvalue weighted by molar-refractivity contribution is 6.35. The maximum absolute atomic E-state index is 6.51. The van der Waals surface area contributed by atoms with Crippen molar-refractivity contribution in [3.8, 4) is 5.75 Å². The molecule has 0 saturated carbocycles. The van der Waals surface area contributed by atoms with E-state index in [2.05, 4.69) is 10.5 Å². The summed E-state index contributed by atoms with van der Waals surface area (Å²) in [4.78, 5) is 5.01. The van der Waals surface area contributed by atoms with Crippen LogP contribution in [0.25, 0.3) is 0 Å². The molecule has 0 spiro atoms. The van der Waals surface area contributed by atoms with Crippen molar-refractivity contribution in [3.63, 3.8) is 0 Å². The van der Waals surface area contributed by atoms with Crippen LogP contribution in [0, 0.1) is 5.92 Å². The second kappa shape index (κ2) is 9.26. The van der Waals surface area contributed by atoms with E-state index in [1.54, 1.807) is 0 Å². The van der Waals surface area contributed by atoms with Crippen LogP contribution in [0.5, 0.6) is 5.75 Å². The molecule has 1 N–H and O–H groups in total. The Morgan fingerprint density at radius 1 is 1.12 bits per heavy atom. The molecule has 0 radical (unpaired) electrons. The van der Waals surface area contributed by atoms with Gasteiger partial charge in [0.15, 0.2) is 0 Å². The minimum absolute atomic E-state index is 0.568. The molecule has 1 aliphatic heterocycles. The maximum atomic E-state index is 6.51. The van der Waals surface area contributed by atoms with E-state index in [-0.39, 0.29) is 0 Å². The molecule has 3 rings (SSSR count). The summed E-state index contributed by atoms with van der Waals surface area (Å²) in [6.45, 7) is 2.84. The zero-order chi connectivity index (χ0) is 18.4. The number of hydrogen-bond acceptors (Lipinski definition) is 4. The van der Waals surface area contributed by atoms with Gasteiger partial charge in [0.1, 0.15) is 18.6 Å². The van der Waals surface area contributed by atoms with Gasteiger partial charge < -0.3 is 14.9 Å². The van der Waals surface area contributed by atoms with E-state index in [1.165, 1.54) is 7.11 Å². The van der Waals surface area contributed by atoms with Gasteiger partial charge >= 0.3 is 0 Å². The summed E-state index contributed by atoms with van der Waals surface area (Å²) in [5.41, 5.74) is 2.31. The minimum Gasteiger partial charge on any atom is -0.493 e. The molecular formula is C20H22Cl2N2O2.